The maximum absolute atomic E-state index is 11.0. The van der Waals surface area contributed by atoms with Crippen molar-refractivity contribution in [1.82, 2.24) is 0 Å². The minimum atomic E-state index is -0.0358. The molecule has 22 heavy (non-hydrogen) atoms. The minimum Gasteiger partial charge on any atom is -0.465 e. The van der Waals surface area contributed by atoms with Gasteiger partial charge in [0.2, 0.25) is 0 Å². The molecule has 0 radical (unpaired) electrons. The van der Waals surface area contributed by atoms with Crippen LogP contribution in [0.25, 0.3) is 0 Å². The standard InChI is InChI=1S/C16H28O4S2/c1-2-4-14(19-13-17)7-11-21-9-3-10-22-12-8-15-5-6-16(18)20-15/h13-15H,2-12H2,1H3. The summed E-state index contributed by atoms with van der Waals surface area (Å²) in [5.74, 6) is 4.42. The highest BCUT2D eigenvalue weighted by molar-refractivity contribution is 8.00. The highest BCUT2D eigenvalue weighted by Gasteiger charge is 2.22. The van der Waals surface area contributed by atoms with Crippen LogP contribution < -0.4 is 0 Å². The first-order valence-corrected chi connectivity index (χ1v) is 10.5. The lowest BCUT2D eigenvalue weighted by molar-refractivity contribution is -0.141. The molecular weight excluding hydrogens is 320 g/mol. The lowest BCUT2D eigenvalue weighted by Gasteiger charge is -2.13. The van der Waals surface area contributed by atoms with E-state index >= 15 is 0 Å². The Balaban J connectivity index is 1.84. The highest BCUT2D eigenvalue weighted by atomic mass is 32.2. The van der Waals surface area contributed by atoms with Crippen LogP contribution in [0.4, 0.5) is 0 Å². The minimum absolute atomic E-state index is 0.0358. The smallest absolute Gasteiger partial charge is 0.306 e. The average molecular weight is 349 g/mol. The third-order valence-electron chi connectivity index (χ3n) is 3.57. The normalized spacial score (nSPS) is 19.0. The molecular formula is C16H28O4S2. The van der Waals surface area contributed by atoms with Crippen molar-refractivity contribution in [2.75, 3.05) is 23.0 Å². The fourth-order valence-electron chi connectivity index (χ4n) is 2.36. The fourth-order valence-corrected chi connectivity index (χ4v) is 4.51. The molecule has 0 aromatic carbocycles. The second kappa shape index (κ2) is 13.1. The van der Waals surface area contributed by atoms with E-state index in [0.717, 1.165) is 55.1 Å². The van der Waals surface area contributed by atoms with E-state index in [1.54, 1.807) is 0 Å². The molecule has 1 saturated heterocycles. The number of hydrogen-bond acceptors (Lipinski definition) is 6. The molecule has 2 atom stereocenters. The Hall–Kier alpha value is -0.360. The summed E-state index contributed by atoms with van der Waals surface area (Å²) in [6.07, 6.45) is 6.92. The Kier molecular flexibility index (Phi) is 11.7. The number of esters is 1. The van der Waals surface area contributed by atoms with Gasteiger partial charge in [0.1, 0.15) is 12.2 Å². The second-order valence-corrected chi connectivity index (χ2v) is 7.90. The van der Waals surface area contributed by atoms with Crippen molar-refractivity contribution in [3.63, 3.8) is 0 Å². The number of carbonyl (C=O) groups excluding carboxylic acids is 2. The van der Waals surface area contributed by atoms with Crippen LogP contribution in [0.15, 0.2) is 0 Å². The summed E-state index contributed by atoms with van der Waals surface area (Å²) in [7, 11) is 0. The highest BCUT2D eigenvalue weighted by Crippen LogP contribution is 2.19. The van der Waals surface area contributed by atoms with Crippen LogP contribution in [0.1, 0.15) is 51.9 Å². The van der Waals surface area contributed by atoms with Crippen LogP contribution >= 0.6 is 23.5 Å². The summed E-state index contributed by atoms with van der Waals surface area (Å²) >= 11 is 3.88. The van der Waals surface area contributed by atoms with Crippen molar-refractivity contribution in [3.8, 4) is 0 Å². The first kappa shape index (κ1) is 19.7. The van der Waals surface area contributed by atoms with Gasteiger partial charge in [0.15, 0.2) is 0 Å². The zero-order valence-electron chi connectivity index (χ0n) is 13.5. The number of thioether (sulfide) groups is 2. The molecule has 1 aliphatic rings. The van der Waals surface area contributed by atoms with Gasteiger partial charge in [0, 0.05) is 6.42 Å². The number of ether oxygens (including phenoxy) is 2. The molecule has 0 saturated carbocycles. The topological polar surface area (TPSA) is 52.6 Å². The monoisotopic (exact) mass is 348 g/mol. The van der Waals surface area contributed by atoms with Gasteiger partial charge in [-0.25, -0.2) is 0 Å². The van der Waals surface area contributed by atoms with Crippen molar-refractivity contribution in [2.45, 2.75) is 64.1 Å². The third-order valence-corrected chi connectivity index (χ3v) is 5.78. The van der Waals surface area contributed by atoms with Gasteiger partial charge in [-0.1, -0.05) is 13.3 Å². The molecule has 0 spiro atoms. The number of cyclic esters (lactones) is 1. The van der Waals surface area contributed by atoms with Crippen LogP contribution in [-0.2, 0) is 19.1 Å². The predicted octanol–water partition coefficient (Wildman–Crippen LogP) is 3.67. The molecule has 1 aliphatic heterocycles. The van der Waals surface area contributed by atoms with Crippen molar-refractivity contribution < 1.29 is 19.1 Å². The quantitative estimate of drug-likeness (QED) is 0.271. The van der Waals surface area contributed by atoms with E-state index in [4.69, 9.17) is 9.47 Å². The molecule has 0 bridgehead atoms. The van der Waals surface area contributed by atoms with E-state index in [0.29, 0.717) is 12.9 Å². The zero-order valence-corrected chi connectivity index (χ0v) is 15.1. The zero-order chi connectivity index (χ0) is 16.0. The Labute approximate surface area is 142 Å². The van der Waals surface area contributed by atoms with Gasteiger partial charge in [0.05, 0.1) is 0 Å². The molecule has 2 unspecified atom stereocenters. The summed E-state index contributed by atoms with van der Waals surface area (Å²) in [5, 5.41) is 0. The fraction of sp³-hybridized carbons (Fsp3) is 0.875. The molecule has 6 heteroatoms. The Morgan fingerprint density at radius 3 is 2.68 bits per heavy atom. The van der Waals surface area contributed by atoms with Crippen LogP contribution in [0.3, 0.4) is 0 Å². The van der Waals surface area contributed by atoms with Crippen molar-refractivity contribution in [1.29, 1.82) is 0 Å². The Bertz CT molecular complexity index is 313. The van der Waals surface area contributed by atoms with Gasteiger partial charge in [0.25, 0.3) is 6.47 Å². The van der Waals surface area contributed by atoms with E-state index in [9.17, 15) is 9.59 Å². The predicted molar refractivity (Wildman–Crippen MR) is 93.5 cm³/mol. The van der Waals surface area contributed by atoms with Crippen LogP contribution in [-0.4, -0.2) is 47.7 Å². The third kappa shape index (κ3) is 9.62. The summed E-state index contributed by atoms with van der Waals surface area (Å²) in [4.78, 5) is 21.3. The summed E-state index contributed by atoms with van der Waals surface area (Å²) in [5.41, 5.74) is 0. The molecule has 0 aromatic rings. The van der Waals surface area contributed by atoms with E-state index in [-0.39, 0.29) is 18.2 Å². The van der Waals surface area contributed by atoms with E-state index in [1.165, 1.54) is 6.42 Å². The summed E-state index contributed by atoms with van der Waals surface area (Å²) in [6, 6.07) is 0. The SMILES string of the molecule is CCCC(CCSCCCSCCC1CCC(=O)O1)OC=O. The van der Waals surface area contributed by atoms with E-state index in [2.05, 4.69) is 6.92 Å². The number of carbonyl (C=O) groups is 2. The van der Waals surface area contributed by atoms with E-state index < -0.39 is 0 Å². The van der Waals surface area contributed by atoms with Gasteiger partial charge >= 0.3 is 5.97 Å². The van der Waals surface area contributed by atoms with Crippen LogP contribution in [0, 0.1) is 0 Å². The first-order chi connectivity index (χ1) is 10.8. The van der Waals surface area contributed by atoms with Gasteiger partial charge in [-0.2, -0.15) is 23.5 Å². The van der Waals surface area contributed by atoms with Crippen molar-refractivity contribution >= 4 is 36.0 Å². The maximum atomic E-state index is 11.0. The van der Waals surface area contributed by atoms with Gasteiger partial charge in [-0.3, -0.25) is 9.59 Å². The van der Waals surface area contributed by atoms with Crippen LogP contribution in [0.2, 0.25) is 0 Å². The summed E-state index contributed by atoms with van der Waals surface area (Å²) < 4.78 is 10.3. The Morgan fingerprint density at radius 2 is 2.05 bits per heavy atom. The van der Waals surface area contributed by atoms with E-state index in [1.807, 2.05) is 23.5 Å². The molecule has 0 N–H and O–H groups in total. The molecule has 1 fully saturated rings. The maximum Gasteiger partial charge on any atom is 0.306 e. The molecule has 128 valence electrons. The number of hydrogen-bond donors (Lipinski definition) is 0. The summed E-state index contributed by atoms with van der Waals surface area (Å²) in [6.45, 7) is 2.68. The van der Waals surface area contributed by atoms with Gasteiger partial charge < -0.3 is 9.47 Å². The molecule has 1 rings (SSSR count). The van der Waals surface area contributed by atoms with Crippen molar-refractivity contribution in [3.05, 3.63) is 0 Å². The second-order valence-electron chi connectivity index (χ2n) is 5.45. The molecule has 0 aliphatic carbocycles. The Morgan fingerprint density at radius 1 is 1.27 bits per heavy atom. The molecule has 1 heterocycles. The van der Waals surface area contributed by atoms with Crippen LogP contribution in [0.5, 0.6) is 0 Å². The molecule has 4 nitrogen and oxygen atoms in total. The molecule has 0 aromatic heterocycles. The lowest BCUT2D eigenvalue weighted by atomic mass is 10.2. The molecule has 0 amide bonds. The van der Waals surface area contributed by atoms with Gasteiger partial charge in [-0.15, -0.1) is 0 Å². The van der Waals surface area contributed by atoms with Crippen molar-refractivity contribution in [2.24, 2.45) is 0 Å². The largest absolute Gasteiger partial charge is 0.465 e. The van der Waals surface area contributed by atoms with Gasteiger partial charge in [-0.05, 0) is 55.1 Å². The average Bonchev–Trinajstić information content (AvgIpc) is 2.91. The number of rotatable bonds is 14. The lowest BCUT2D eigenvalue weighted by Crippen LogP contribution is -2.12. The first-order valence-electron chi connectivity index (χ1n) is 8.20.